The Morgan fingerprint density at radius 1 is 1.20 bits per heavy atom. The van der Waals surface area contributed by atoms with Crippen LogP contribution in [-0.2, 0) is 17.3 Å². The molecule has 4 heterocycles. The van der Waals surface area contributed by atoms with Crippen LogP contribution in [0.4, 0.5) is 5.69 Å². The Hall–Kier alpha value is -3.61. The number of aryl methyl sites for hydroxylation is 2. The van der Waals surface area contributed by atoms with E-state index in [1.807, 2.05) is 50.5 Å². The van der Waals surface area contributed by atoms with Gasteiger partial charge < -0.3 is 19.0 Å². The van der Waals surface area contributed by atoms with Gasteiger partial charge in [0.1, 0.15) is 5.52 Å². The van der Waals surface area contributed by atoms with Gasteiger partial charge in [-0.05, 0) is 36.6 Å². The molecule has 0 saturated heterocycles. The van der Waals surface area contributed by atoms with E-state index in [9.17, 15) is 9.59 Å². The molecule has 4 aromatic rings. The zero-order chi connectivity index (χ0) is 20.8. The number of fused-ring (bicyclic) bond motifs is 3. The second-order valence-corrected chi connectivity index (χ2v) is 8.41. The van der Waals surface area contributed by atoms with Gasteiger partial charge >= 0.3 is 0 Å². The Balaban J connectivity index is 1.55. The Morgan fingerprint density at radius 3 is 2.77 bits per heavy atom. The van der Waals surface area contributed by atoms with Crippen molar-refractivity contribution >= 4 is 22.5 Å². The first kappa shape index (κ1) is 17.3. The van der Waals surface area contributed by atoms with Crippen LogP contribution in [-0.4, -0.2) is 27.7 Å². The summed E-state index contributed by atoms with van der Waals surface area (Å²) in [6.07, 6.45) is 2.62. The van der Waals surface area contributed by atoms with Gasteiger partial charge in [-0.1, -0.05) is 23.4 Å². The summed E-state index contributed by atoms with van der Waals surface area (Å²) in [5.74, 6) is 0.729. The normalized spacial score (nSPS) is 22.3. The van der Waals surface area contributed by atoms with Crippen molar-refractivity contribution in [3.63, 3.8) is 0 Å². The Morgan fingerprint density at radius 2 is 2.00 bits per heavy atom. The number of para-hydroxylation sites is 1. The molecule has 1 fully saturated rings. The molecule has 1 aliphatic heterocycles. The minimum atomic E-state index is -0.546. The lowest BCUT2D eigenvalue weighted by molar-refractivity contribution is -0.120. The molecule has 30 heavy (non-hydrogen) atoms. The van der Waals surface area contributed by atoms with Gasteiger partial charge in [0.25, 0.3) is 5.56 Å². The lowest BCUT2D eigenvalue weighted by atomic mass is 9.91. The lowest BCUT2D eigenvalue weighted by Gasteiger charge is -2.12. The van der Waals surface area contributed by atoms with Crippen LogP contribution in [0.3, 0.4) is 0 Å². The summed E-state index contributed by atoms with van der Waals surface area (Å²) < 4.78 is 6.97. The van der Waals surface area contributed by atoms with Gasteiger partial charge in [0.05, 0.1) is 16.8 Å². The van der Waals surface area contributed by atoms with E-state index < -0.39 is 5.41 Å². The molecule has 1 aliphatic carbocycles. The molecule has 3 aromatic heterocycles. The van der Waals surface area contributed by atoms with Crippen molar-refractivity contribution < 1.29 is 9.32 Å². The van der Waals surface area contributed by atoms with Crippen LogP contribution in [0.25, 0.3) is 22.4 Å². The molecule has 7 heteroatoms. The number of likely N-dealkylation sites (N-methyl/N-ethyl adjacent to an activating group) is 1. The van der Waals surface area contributed by atoms with E-state index >= 15 is 0 Å². The molecule has 6 rings (SSSR count). The summed E-state index contributed by atoms with van der Waals surface area (Å²) in [7, 11) is 3.58. The Kier molecular flexibility index (Phi) is 3.17. The van der Waals surface area contributed by atoms with Gasteiger partial charge in [0, 0.05) is 43.4 Å². The molecule has 2 aliphatic rings. The minimum Gasteiger partial charge on any atom is -0.354 e. The summed E-state index contributed by atoms with van der Waals surface area (Å²) in [4.78, 5) is 31.1. The standard InChI is InChI=1S/C23H20N4O3/c1-12-8-19(30-25-12)17-9-13-14(11-26(2)21(28)20(13)24-17)16-10-23(16)15-6-4-5-7-18(15)27(3)22(23)29/h4-9,11,16,24H,10H2,1-3H3/t16-,23+/m1/s1. The summed E-state index contributed by atoms with van der Waals surface area (Å²) >= 11 is 0. The third-order valence-electron chi connectivity index (χ3n) is 6.66. The summed E-state index contributed by atoms with van der Waals surface area (Å²) in [6.45, 7) is 1.85. The lowest BCUT2D eigenvalue weighted by Crippen LogP contribution is -2.29. The highest BCUT2D eigenvalue weighted by molar-refractivity contribution is 6.11. The number of aromatic amines is 1. The number of benzene rings is 1. The highest BCUT2D eigenvalue weighted by Crippen LogP contribution is 2.66. The Bertz CT molecular complexity index is 1430. The van der Waals surface area contributed by atoms with Crippen molar-refractivity contribution in [3.8, 4) is 11.5 Å². The van der Waals surface area contributed by atoms with Crippen LogP contribution >= 0.6 is 0 Å². The number of H-pyrrole nitrogens is 1. The highest BCUT2D eigenvalue weighted by Gasteiger charge is 2.67. The van der Waals surface area contributed by atoms with Crippen molar-refractivity contribution in [2.45, 2.75) is 24.7 Å². The number of rotatable bonds is 2. The fraction of sp³-hybridized carbons (Fsp3) is 0.261. The molecule has 1 saturated carbocycles. The monoisotopic (exact) mass is 400 g/mol. The van der Waals surface area contributed by atoms with Crippen molar-refractivity contribution in [2.75, 3.05) is 11.9 Å². The van der Waals surface area contributed by atoms with E-state index in [-0.39, 0.29) is 17.4 Å². The Labute approximate surface area is 171 Å². The molecule has 1 aromatic carbocycles. The van der Waals surface area contributed by atoms with Crippen LogP contribution in [0.15, 0.2) is 51.9 Å². The number of amides is 1. The predicted octanol–water partition coefficient (Wildman–Crippen LogP) is 3.23. The number of nitrogens with zero attached hydrogens (tertiary/aromatic N) is 3. The first-order valence-electron chi connectivity index (χ1n) is 9.95. The maximum Gasteiger partial charge on any atom is 0.274 e. The number of nitrogens with one attached hydrogen (secondary N) is 1. The van der Waals surface area contributed by atoms with E-state index in [1.54, 1.807) is 16.5 Å². The first-order valence-corrected chi connectivity index (χ1v) is 9.95. The molecule has 1 spiro atoms. The number of carbonyl (C=O) groups excluding carboxylic acids is 1. The number of aromatic nitrogens is 3. The third-order valence-corrected chi connectivity index (χ3v) is 6.66. The smallest absolute Gasteiger partial charge is 0.274 e. The van der Waals surface area contributed by atoms with Crippen LogP contribution < -0.4 is 10.5 Å². The second kappa shape index (κ2) is 5.50. The maximum atomic E-state index is 13.3. The number of pyridine rings is 1. The predicted molar refractivity (Wildman–Crippen MR) is 113 cm³/mol. The van der Waals surface area contributed by atoms with Gasteiger partial charge in [-0.15, -0.1) is 0 Å². The van der Waals surface area contributed by atoms with Crippen LogP contribution in [0.2, 0.25) is 0 Å². The van der Waals surface area contributed by atoms with Crippen LogP contribution in [0, 0.1) is 6.92 Å². The van der Waals surface area contributed by atoms with Crippen LogP contribution in [0.5, 0.6) is 0 Å². The van der Waals surface area contributed by atoms with Gasteiger partial charge in [-0.2, -0.15) is 0 Å². The molecule has 1 amide bonds. The van der Waals surface area contributed by atoms with Gasteiger partial charge in [-0.3, -0.25) is 9.59 Å². The maximum absolute atomic E-state index is 13.3. The van der Waals surface area contributed by atoms with Crippen molar-refractivity contribution in [1.29, 1.82) is 0 Å². The number of anilines is 1. The average molecular weight is 400 g/mol. The molecule has 1 N–H and O–H groups in total. The summed E-state index contributed by atoms with van der Waals surface area (Å²) in [5, 5.41) is 4.78. The van der Waals surface area contributed by atoms with E-state index in [2.05, 4.69) is 16.2 Å². The zero-order valence-electron chi connectivity index (χ0n) is 16.9. The number of hydrogen-bond acceptors (Lipinski definition) is 4. The average Bonchev–Trinajstić information content (AvgIpc) is 3.00. The largest absolute Gasteiger partial charge is 0.354 e. The van der Waals surface area contributed by atoms with Gasteiger partial charge in [0.15, 0.2) is 5.76 Å². The number of hydrogen-bond donors (Lipinski definition) is 1. The van der Waals surface area contributed by atoms with Gasteiger partial charge in [-0.25, -0.2) is 0 Å². The van der Waals surface area contributed by atoms with E-state index in [4.69, 9.17) is 4.52 Å². The van der Waals surface area contributed by atoms with E-state index in [0.717, 1.165) is 34.3 Å². The number of carbonyl (C=O) groups is 1. The van der Waals surface area contributed by atoms with Crippen molar-refractivity contribution in [3.05, 3.63) is 69.8 Å². The summed E-state index contributed by atoms with van der Waals surface area (Å²) in [5.41, 5.74) is 4.40. The zero-order valence-corrected chi connectivity index (χ0v) is 16.9. The van der Waals surface area contributed by atoms with Crippen molar-refractivity contribution in [1.82, 2.24) is 14.7 Å². The molecule has 0 radical (unpaired) electrons. The fourth-order valence-electron chi connectivity index (χ4n) is 5.10. The second-order valence-electron chi connectivity index (χ2n) is 8.41. The van der Waals surface area contributed by atoms with Crippen LogP contribution in [0.1, 0.15) is 29.2 Å². The van der Waals surface area contributed by atoms with Crippen molar-refractivity contribution in [2.24, 2.45) is 7.05 Å². The van der Waals surface area contributed by atoms with Gasteiger partial charge in [0.2, 0.25) is 5.91 Å². The molecular formula is C23H20N4O3. The SMILES string of the molecule is Cc1cc(-c2cc3c([C@H]4C[C@@]45C(=O)N(C)c4ccccc45)cn(C)c(=O)c3[nH]2)on1. The summed E-state index contributed by atoms with van der Waals surface area (Å²) in [6, 6.07) is 11.8. The van der Waals surface area contributed by atoms with E-state index in [0.29, 0.717) is 17.0 Å². The molecule has 7 nitrogen and oxygen atoms in total. The molecule has 150 valence electrons. The molecule has 2 atom stereocenters. The topological polar surface area (TPSA) is 84.1 Å². The molecular weight excluding hydrogens is 380 g/mol. The molecule has 0 unspecified atom stereocenters. The fourth-order valence-corrected chi connectivity index (χ4v) is 5.10. The third kappa shape index (κ3) is 2.01. The quantitative estimate of drug-likeness (QED) is 0.560. The minimum absolute atomic E-state index is 0.0190. The first-order chi connectivity index (χ1) is 14.4. The highest BCUT2D eigenvalue weighted by atomic mass is 16.5. The molecule has 0 bridgehead atoms. The van der Waals surface area contributed by atoms with E-state index in [1.165, 1.54) is 0 Å².